The Hall–Kier alpha value is -1.08. The van der Waals surface area contributed by atoms with E-state index in [2.05, 4.69) is 56.0 Å². The van der Waals surface area contributed by atoms with Crippen molar-refractivity contribution in [2.75, 3.05) is 12.0 Å². The fourth-order valence-electron chi connectivity index (χ4n) is 1.72. The molecule has 0 saturated carbocycles. The van der Waals surface area contributed by atoms with Gasteiger partial charge in [0, 0.05) is 10.0 Å². The summed E-state index contributed by atoms with van der Waals surface area (Å²) in [7, 11) is 0. The van der Waals surface area contributed by atoms with Crippen LogP contribution in [0.3, 0.4) is 0 Å². The standard InChI is InChI=1S/C16H16BrIN2O/c1-2-8-21-16-12(9-13(17)10-15(16)18)11-19-20-14-6-4-3-5-7-14/h3-7,9-11,20H,2,8H2,1H3. The highest BCUT2D eigenvalue weighted by Crippen LogP contribution is 2.29. The topological polar surface area (TPSA) is 33.6 Å². The highest BCUT2D eigenvalue weighted by Gasteiger charge is 2.08. The van der Waals surface area contributed by atoms with E-state index >= 15 is 0 Å². The molecule has 0 heterocycles. The molecule has 0 fully saturated rings. The van der Waals surface area contributed by atoms with E-state index in [0.717, 1.165) is 31.5 Å². The molecule has 0 saturated heterocycles. The Morgan fingerprint density at radius 1 is 1.29 bits per heavy atom. The summed E-state index contributed by atoms with van der Waals surface area (Å²) in [6.07, 6.45) is 2.76. The largest absolute Gasteiger partial charge is 0.492 e. The van der Waals surface area contributed by atoms with Crippen molar-refractivity contribution in [2.24, 2.45) is 5.10 Å². The highest BCUT2D eigenvalue weighted by molar-refractivity contribution is 14.1. The number of ether oxygens (including phenoxy) is 1. The maximum Gasteiger partial charge on any atom is 0.141 e. The lowest BCUT2D eigenvalue weighted by Crippen LogP contribution is -2.01. The summed E-state index contributed by atoms with van der Waals surface area (Å²) in [5, 5.41) is 4.28. The Kier molecular flexibility index (Phi) is 6.50. The number of para-hydroxylation sites is 1. The molecular formula is C16H16BrIN2O. The maximum absolute atomic E-state index is 5.83. The fourth-order valence-corrected chi connectivity index (χ4v) is 3.43. The number of hydrazone groups is 1. The van der Waals surface area contributed by atoms with Gasteiger partial charge in [-0.3, -0.25) is 5.43 Å². The molecule has 3 nitrogen and oxygen atoms in total. The molecule has 2 aromatic carbocycles. The van der Waals surface area contributed by atoms with Gasteiger partial charge in [-0.2, -0.15) is 5.10 Å². The van der Waals surface area contributed by atoms with Crippen LogP contribution in [0.1, 0.15) is 18.9 Å². The van der Waals surface area contributed by atoms with Crippen molar-refractivity contribution in [2.45, 2.75) is 13.3 Å². The number of halogens is 2. The second-order valence-electron chi connectivity index (χ2n) is 4.39. The zero-order chi connectivity index (χ0) is 15.1. The summed E-state index contributed by atoms with van der Waals surface area (Å²) < 4.78 is 7.90. The Morgan fingerprint density at radius 2 is 2.05 bits per heavy atom. The summed E-state index contributed by atoms with van der Waals surface area (Å²) in [5.74, 6) is 0.874. The molecule has 0 radical (unpaired) electrons. The first-order valence-electron chi connectivity index (χ1n) is 6.66. The van der Waals surface area contributed by atoms with Crippen molar-refractivity contribution in [3.63, 3.8) is 0 Å². The highest BCUT2D eigenvalue weighted by atomic mass is 127. The van der Waals surface area contributed by atoms with Gasteiger partial charge in [0.1, 0.15) is 5.75 Å². The predicted molar refractivity (Wildman–Crippen MR) is 100 cm³/mol. The fraction of sp³-hybridized carbons (Fsp3) is 0.188. The van der Waals surface area contributed by atoms with Gasteiger partial charge in [-0.05, 0) is 53.3 Å². The van der Waals surface area contributed by atoms with Crippen molar-refractivity contribution >= 4 is 50.4 Å². The number of hydrogen-bond acceptors (Lipinski definition) is 3. The molecule has 0 atom stereocenters. The average Bonchev–Trinajstić information content (AvgIpc) is 2.47. The van der Waals surface area contributed by atoms with E-state index in [4.69, 9.17) is 4.74 Å². The lowest BCUT2D eigenvalue weighted by molar-refractivity contribution is 0.315. The SMILES string of the molecule is CCCOc1c(I)cc(Br)cc1C=NNc1ccccc1. The molecule has 0 unspecified atom stereocenters. The van der Waals surface area contributed by atoms with Crippen molar-refractivity contribution in [3.05, 3.63) is 56.1 Å². The number of rotatable bonds is 6. The lowest BCUT2D eigenvalue weighted by atomic mass is 10.2. The van der Waals surface area contributed by atoms with Gasteiger partial charge in [0.25, 0.3) is 0 Å². The molecule has 0 aliphatic heterocycles. The molecule has 0 aliphatic rings. The Balaban J connectivity index is 2.17. The van der Waals surface area contributed by atoms with E-state index in [9.17, 15) is 0 Å². The molecule has 110 valence electrons. The molecule has 0 bridgehead atoms. The molecule has 0 aromatic heterocycles. The minimum Gasteiger partial charge on any atom is -0.492 e. The second-order valence-corrected chi connectivity index (χ2v) is 6.47. The Bertz CT molecular complexity index is 617. The van der Waals surface area contributed by atoms with Gasteiger partial charge < -0.3 is 4.74 Å². The van der Waals surface area contributed by atoms with Crippen molar-refractivity contribution in [3.8, 4) is 5.75 Å². The molecule has 21 heavy (non-hydrogen) atoms. The monoisotopic (exact) mass is 458 g/mol. The third-order valence-electron chi connectivity index (χ3n) is 2.66. The first-order chi connectivity index (χ1) is 10.2. The zero-order valence-electron chi connectivity index (χ0n) is 11.6. The Labute approximate surface area is 147 Å². The van der Waals surface area contributed by atoms with Gasteiger partial charge in [0.05, 0.1) is 22.1 Å². The minimum atomic E-state index is 0.699. The van der Waals surface area contributed by atoms with Crippen LogP contribution in [-0.2, 0) is 0 Å². The van der Waals surface area contributed by atoms with Crippen LogP contribution in [0.5, 0.6) is 5.75 Å². The number of nitrogens with zero attached hydrogens (tertiary/aromatic N) is 1. The molecule has 2 rings (SSSR count). The van der Waals surface area contributed by atoms with Crippen LogP contribution in [0, 0.1) is 3.57 Å². The Morgan fingerprint density at radius 3 is 2.76 bits per heavy atom. The second kappa shape index (κ2) is 8.38. The third kappa shape index (κ3) is 5.00. The molecule has 0 spiro atoms. The van der Waals surface area contributed by atoms with Crippen LogP contribution < -0.4 is 10.2 Å². The number of benzene rings is 2. The van der Waals surface area contributed by atoms with Crippen LogP contribution in [0.4, 0.5) is 5.69 Å². The van der Waals surface area contributed by atoms with Crippen LogP contribution in [0.25, 0.3) is 0 Å². The van der Waals surface area contributed by atoms with E-state index in [1.165, 1.54) is 0 Å². The molecular weight excluding hydrogens is 443 g/mol. The van der Waals surface area contributed by atoms with Crippen LogP contribution in [0.2, 0.25) is 0 Å². The van der Waals surface area contributed by atoms with Gasteiger partial charge in [-0.1, -0.05) is 41.1 Å². The van der Waals surface area contributed by atoms with E-state index in [1.807, 2.05) is 42.5 Å². The predicted octanol–water partition coefficient (Wildman–Crippen LogP) is 5.29. The summed E-state index contributed by atoms with van der Waals surface area (Å²) in [6.45, 7) is 2.79. The summed E-state index contributed by atoms with van der Waals surface area (Å²) >= 11 is 5.79. The summed E-state index contributed by atoms with van der Waals surface area (Å²) in [4.78, 5) is 0. The first kappa shape index (κ1) is 16.3. The van der Waals surface area contributed by atoms with Gasteiger partial charge in [-0.15, -0.1) is 0 Å². The zero-order valence-corrected chi connectivity index (χ0v) is 15.4. The van der Waals surface area contributed by atoms with Gasteiger partial charge >= 0.3 is 0 Å². The molecule has 5 heteroatoms. The van der Waals surface area contributed by atoms with Crippen LogP contribution in [0.15, 0.2) is 52.0 Å². The quantitative estimate of drug-likeness (QED) is 0.362. The van der Waals surface area contributed by atoms with Gasteiger partial charge in [0.15, 0.2) is 0 Å². The van der Waals surface area contributed by atoms with Crippen molar-refractivity contribution in [1.29, 1.82) is 0 Å². The van der Waals surface area contributed by atoms with Crippen molar-refractivity contribution in [1.82, 2.24) is 0 Å². The molecule has 1 N–H and O–H groups in total. The number of anilines is 1. The number of hydrogen-bond donors (Lipinski definition) is 1. The molecule has 0 amide bonds. The summed E-state index contributed by atoms with van der Waals surface area (Å²) in [5.41, 5.74) is 4.91. The normalized spacial score (nSPS) is 10.8. The van der Waals surface area contributed by atoms with Crippen LogP contribution >= 0.6 is 38.5 Å². The van der Waals surface area contributed by atoms with Crippen molar-refractivity contribution < 1.29 is 4.74 Å². The van der Waals surface area contributed by atoms with E-state index < -0.39 is 0 Å². The minimum absolute atomic E-state index is 0.699. The first-order valence-corrected chi connectivity index (χ1v) is 8.54. The molecule has 0 aliphatic carbocycles. The van der Waals surface area contributed by atoms with E-state index in [-0.39, 0.29) is 0 Å². The number of nitrogens with one attached hydrogen (secondary N) is 1. The average molecular weight is 459 g/mol. The third-order valence-corrected chi connectivity index (χ3v) is 3.92. The van der Waals surface area contributed by atoms with E-state index in [0.29, 0.717) is 6.61 Å². The summed E-state index contributed by atoms with van der Waals surface area (Å²) in [6, 6.07) is 13.9. The lowest BCUT2D eigenvalue weighted by Gasteiger charge is -2.11. The maximum atomic E-state index is 5.83. The molecule has 2 aromatic rings. The smallest absolute Gasteiger partial charge is 0.141 e. The van der Waals surface area contributed by atoms with E-state index in [1.54, 1.807) is 6.21 Å². The van der Waals surface area contributed by atoms with Crippen LogP contribution in [-0.4, -0.2) is 12.8 Å². The van der Waals surface area contributed by atoms with Gasteiger partial charge in [-0.25, -0.2) is 0 Å². The van der Waals surface area contributed by atoms with Gasteiger partial charge in [0.2, 0.25) is 0 Å².